The minimum Gasteiger partial charge on any atom is -0.384 e. The summed E-state index contributed by atoms with van der Waals surface area (Å²) in [7, 11) is 0. The summed E-state index contributed by atoms with van der Waals surface area (Å²) in [6.45, 7) is 1.48. The largest absolute Gasteiger partial charge is 0.384 e. The number of halogens is 1. The predicted octanol–water partition coefficient (Wildman–Crippen LogP) is 2.30. The fourth-order valence-corrected chi connectivity index (χ4v) is 2.17. The average Bonchev–Trinajstić information content (AvgIpc) is 2.54. The van der Waals surface area contributed by atoms with E-state index in [1.54, 1.807) is 0 Å². The quantitative estimate of drug-likeness (QED) is 0.627. The molecule has 2 rings (SSSR count). The second-order valence-electron chi connectivity index (χ2n) is 5.66. The van der Waals surface area contributed by atoms with Gasteiger partial charge < -0.3 is 10.4 Å². The summed E-state index contributed by atoms with van der Waals surface area (Å²) in [4.78, 5) is 22.0. The topological polar surface area (TPSA) is 92.5 Å². The molecule has 0 aromatic heterocycles. The lowest BCUT2D eigenvalue weighted by atomic mass is 9.96. The van der Waals surface area contributed by atoms with E-state index in [0.717, 1.165) is 0 Å². The molecule has 0 radical (unpaired) electrons. The first kappa shape index (κ1) is 17.6. The number of aliphatic hydroxyl groups is 1. The van der Waals surface area contributed by atoms with Crippen LogP contribution in [0.15, 0.2) is 48.5 Å². The highest BCUT2D eigenvalue weighted by Gasteiger charge is 2.23. The van der Waals surface area contributed by atoms with Crippen molar-refractivity contribution < 1.29 is 19.2 Å². The summed E-state index contributed by atoms with van der Waals surface area (Å²) in [5.41, 5.74) is -0.267. The molecular formula is C17H17FN2O4. The molecule has 2 aromatic carbocycles. The number of nitrogens with zero attached hydrogens (tertiary/aromatic N) is 1. The number of nitro benzene ring substituents is 1. The van der Waals surface area contributed by atoms with Gasteiger partial charge in [0.25, 0.3) is 5.69 Å². The Labute approximate surface area is 138 Å². The van der Waals surface area contributed by atoms with Gasteiger partial charge in [0, 0.05) is 12.1 Å². The second-order valence-corrected chi connectivity index (χ2v) is 5.66. The third kappa shape index (κ3) is 4.60. The van der Waals surface area contributed by atoms with Gasteiger partial charge in [-0.1, -0.05) is 24.3 Å². The lowest BCUT2D eigenvalue weighted by Gasteiger charge is -2.24. The first-order chi connectivity index (χ1) is 11.3. The first-order valence-corrected chi connectivity index (χ1v) is 7.26. The van der Waals surface area contributed by atoms with E-state index in [0.29, 0.717) is 11.1 Å². The number of rotatable bonds is 6. The summed E-state index contributed by atoms with van der Waals surface area (Å²) < 4.78 is 12.9. The second kappa shape index (κ2) is 7.18. The van der Waals surface area contributed by atoms with Crippen LogP contribution in [0.3, 0.4) is 0 Å². The maximum atomic E-state index is 12.9. The van der Waals surface area contributed by atoms with Gasteiger partial charge in [-0.05, 0) is 30.2 Å². The minimum absolute atomic E-state index is 0.0373. The maximum Gasteiger partial charge on any atom is 0.269 e. The van der Waals surface area contributed by atoms with Crippen LogP contribution in [0.2, 0.25) is 0 Å². The molecule has 24 heavy (non-hydrogen) atoms. The Kier molecular flexibility index (Phi) is 5.25. The van der Waals surface area contributed by atoms with E-state index in [1.807, 2.05) is 0 Å². The van der Waals surface area contributed by atoms with Gasteiger partial charge in [-0.25, -0.2) is 4.39 Å². The van der Waals surface area contributed by atoms with Crippen molar-refractivity contribution in [2.24, 2.45) is 0 Å². The molecule has 0 aliphatic carbocycles. The number of nitro groups is 1. The van der Waals surface area contributed by atoms with Crippen molar-refractivity contribution in [2.75, 3.05) is 6.54 Å². The number of carbonyl (C=O) groups excluding carboxylic acids is 1. The van der Waals surface area contributed by atoms with Gasteiger partial charge in [0.15, 0.2) is 0 Å². The highest BCUT2D eigenvalue weighted by molar-refractivity contribution is 5.78. The van der Waals surface area contributed by atoms with E-state index in [9.17, 15) is 24.4 Å². The molecule has 0 heterocycles. The van der Waals surface area contributed by atoms with Crippen LogP contribution in [0.5, 0.6) is 0 Å². The van der Waals surface area contributed by atoms with Crippen LogP contribution in [-0.2, 0) is 16.8 Å². The fraction of sp³-hybridized carbons (Fsp3) is 0.235. The van der Waals surface area contributed by atoms with Crippen LogP contribution in [-0.4, -0.2) is 22.5 Å². The molecule has 1 unspecified atom stereocenters. The van der Waals surface area contributed by atoms with Crippen molar-refractivity contribution in [1.29, 1.82) is 0 Å². The lowest BCUT2D eigenvalue weighted by Crippen LogP contribution is -2.39. The number of non-ortho nitro benzene ring substituents is 1. The van der Waals surface area contributed by atoms with E-state index in [2.05, 4.69) is 5.32 Å². The molecule has 0 saturated carbocycles. The summed E-state index contributed by atoms with van der Waals surface area (Å²) in [5.74, 6) is -0.733. The first-order valence-electron chi connectivity index (χ1n) is 7.26. The Morgan fingerprint density at radius 1 is 1.21 bits per heavy atom. The Balaban J connectivity index is 1.92. The smallest absolute Gasteiger partial charge is 0.269 e. The zero-order valence-corrected chi connectivity index (χ0v) is 13.0. The minimum atomic E-state index is -1.33. The molecule has 1 atom stereocenters. The monoisotopic (exact) mass is 332 g/mol. The summed E-state index contributed by atoms with van der Waals surface area (Å²) in [5, 5.41) is 23.6. The summed E-state index contributed by atoms with van der Waals surface area (Å²) in [6.07, 6.45) is 0.0392. The van der Waals surface area contributed by atoms with Gasteiger partial charge in [-0.3, -0.25) is 14.9 Å². The number of nitrogens with one attached hydrogen (secondary N) is 1. The van der Waals surface area contributed by atoms with Crippen molar-refractivity contribution in [3.8, 4) is 0 Å². The Morgan fingerprint density at radius 2 is 1.79 bits per heavy atom. The summed E-state index contributed by atoms with van der Waals surface area (Å²) >= 11 is 0. The van der Waals surface area contributed by atoms with Gasteiger partial charge in [0.2, 0.25) is 5.91 Å². The molecule has 126 valence electrons. The molecule has 0 bridgehead atoms. The molecule has 0 spiro atoms. The van der Waals surface area contributed by atoms with Crippen LogP contribution >= 0.6 is 0 Å². The van der Waals surface area contributed by atoms with Gasteiger partial charge in [0.1, 0.15) is 11.4 Å². The molecule has 6 nitrogen and oxygen atoms in total. The zero-order valence-electron chi connectivity index (χ0n) is 13.0. The van der Waals surface area contributed by atoms with Crippen LogP contribution in [0.4, 0.5) is 10.1 Å². The Hall–Kier alpha value is -2.80. The van der Waals surface area contributed by atoms with Crippen LogP contribution in [0, 0.1) is 15.9 Å². The van der Waals surface area contributed by atoms with Crippen molar-refractivity contribution in [1.82, 2.24) is 5.32 Å². The molecule has 0 fully saturated rings. The highest BCUT2D eigenvalue weighted by Crippen LogP contribution is 2.20. The third-order valence-electron chi connectivity index (χ3n) is 3.61. The highest BCUT2D eigenvalue weighted by atomic mass is 19.1. The van der Waals surface area contributed by atoms with Gasteiger partial charge in [-0.2, -0.15) is 0 Å². The van der Waals surface area contributed by atoms with Crippen molar-refractivity contribution >= 4 is 11.6 Å². The number of hydrogen-bond donors (Lipinski definition) is 2. The summed E-state index contributed by atoms with van der Waals surface area (Å²) in [6, 6.07) is 11.1. The molecule has 0 aliphatic heterocycles. The Bertz CT molecular complexity index is 727. The molecule has 0 saturated heterocycles. The Morgan fingerprint density at radius 3 is 2.33 bits per heavy atom. The fourth-order valence-electron chi connectivity index (χ4n) is 2.17. The number of hydrogen-bond acceptors (Lipinski definition) is 4. The van der Waals surface area contributed by atoms with E-state index < -0.39 is 16.3 Å². The SMILES string of the molecule is CC(O)(CNC(=O)Cc1ccc([N+](=O)[O-])cc1)c1ccc(F)cc1. The van der Waals surface area contributed by atoms with Crippen molar-refractivity contribution in [3.63, 3.8) is 0 Å². The van der Waals surface area contributed by atoms with Crippen LogP contribution < -0.4 is 5.32 Å². The standard InChI is InChI=1S/C17H17FN2O4/c1-17(22,13-4-6-14(18)7-5-13)11-19-16(21)10-12-2-8-15(9-3-12)20(23)24/h2-9,22H,10-11H2,1H3,(H,19,21). The van der Waals surface area contributed by atoms with E-state index in [-0.39, 0.29) is 24.6 Å². The van der Waals surface area contributed by atoms with Crippen LogP contribution in [0.25, 0.3) is 0 Å². The van der Waals surface area contributed by atoms with E-state index in [1.165, 1.54) is 55.5 Å². The van der Waals surface area contributed by atoms with Crippen LogP contribution in [0.1, 0.15) is 18.1 Å². The molecule has 1 amide bonds. The molecule has 7 heteroatoms. The van der Waals surface area contributed by atoms with Gasteiger partial charge in [-0.15, -0.1) is 0 Å². The molecule has 2 N–H and O–H groups in total. The number of carbonyl (C=O) groups is 1. The maximum absolute atomic E-state index is 12.9. The van der Waals surface area contributed by atoms with Gasteiger partial charge in [0.05, 0.1) is 17.9 Å². The van der Waals surface area contributed by atoms with Crippen molar-refractivity contribution in [2.45, 2.75) is 18.9 Å². The lowest BCUT2D eigenvalue weighted by molar-refractivity contribution is -0.384. The third-order valence-corrected chi connectivity index (χ3v) is 3.61. The molecule has 2 aromatic rings. The number of benzene rings is 2. The van der Waals surface area contributed by atoms with E-state index in [4.69, 9.17) is 0 Å². The zero-order chi connectivity index (χ0) is 17.7. The molecular weight excluding hydrogens is 315 g/mol. The van der Waals surface area contributed by atoms with E-state index >= 15 is 0 Å². The number of amides is 1. The van der Waals surface area contributed by atoms with Gasteiger partial charge >= 0.3 is 0 Å². The molecule has 0 aliphatic rings. The van der Waals surface area contributed by atoms with Crippen molar-refractivity contribution in [3.05, 3.63) is 75.6 Å². The normalized spacial score (nSPS) is 13.1. The predicted molar refractivity (Wildman–Crippen MR) is 85.8 cm³/mol. The average molecular weight is 332 g/mol.